The van der Waals surface area contributed by atoms with E-state index in [4.69, 9.17) is 9.47 Å². The Hall–Kier alpha value is -0.120. The molecule has 1 aliphatic rings. The fourth-order valence-corrected chi connectivity index (χ4v) is 2.19. The van der Waals surface area contributed by atoms with E-state index >= 15 is 0 Å². The molecule has 1 fully saturated rings. The van der Waals surface area contributed by atoms with Crippen LogP contribution in [0, 0.1) is 5.41 Å². The summed E-state index contributed by atoms with van der Waals surface area (Å²) < 4.78 is 10.8. The molecule has 0 aromatic carbocycles. The van der Waals surface area contributed by atoms with Gasteiger partial charge in [-0.25, -0.2) is 0 Å². The van der Waals surface area contributed by atoms with Crippen LogP contribution in [-0.4, -0.2) is 39.0 Å². The van der Waals surface area contributed by atoms with Gasteiger partial charge in [0.2, 0.25) is 0 Å². The van der Waals surface area contributed by atoms with E-state index in [1.165, 1.54) is 0 Å². The van der Waals surface area contributed by atoms with Crippen molar-refractivity contribution >= 4 is 0 Å². The summed E-state index contributed by atoms with van der Waals surface area (Å²) in [4.78, 5) is 0. The molecule has 3 heteroatoms. The molecule has 0 amide bonds. The van der Waals surface area contributed by atoms with Crippen molar-refractivity contribution in [2.45, 2.75) is 45.8 Å². The van der Waals surface area contributed by atoms with Crippen molar-refractivity contribution in [2.24, 2.45) is 5.41 Å². The second-order valence-corrected chi connectivity index (χ2v) is 4.87. The van der Waals surface area contributed by atoms with Crippen molar-refractivity contribution in [1.82, 2.24) is 5.32 Å². The predicted molar refractivity (Wildman–Crippen MR) is 62.1 cm³/mol. The van der Waals surface area contributed by atoms with Gasteiger partial charge in [0.25, 0.3) is 0 Å². The minimum absolute atomic E-state index is 0.281. The molecule has 0 bridgehead atoms. The third kappa shape index (κ3) is 3.16. The van der Waals surface area contributed by atoms with Gasteiger partial charge in [0.1, 0.15) is 0 Å². The Morgan fingerprint density at radius 3 is 2.60 bits per heavy atom. The van der Waals surface area contributed by atoms with E-state index in [0.717, 1.165) is 32.6 Å². The molecular weight excluding hydrogens is 190 g/mol. The summed E-state index contributed by atoms with van der Waals surface area (Å²) in [6.07, 6.45) is 2.56. The van der Waals surface area contributed by atoms with Gasteiger partial charge < -0.3 is 14.8 Å². The molecule has 0 spiro atoms. The third-order valence-corrected chi connectivity index (χ3v) is 3.44. The number of nitrogens with one attached hydrogen (secondary N) is 1. The Bertz CT molecular complexity index is 182. The average molecular weight is 215 g/mol. The van der Waals surface area contributed by atoms with E-state index in [0.29, 0.717) is 12.1 Å². The van der Waals surface area contributed by atoms with E-state index in [1.807, 2.05) is 0 Å². The third-order valence-electron chi connectivity index (χ3n) is 3.44. The van der Waals surface area contributed by atoms with Crippen molar-refractivity contribution in [1.29, 1.82) is 0 Å². The second-order valence-electron chi connectivity index (χ2n) is 4.87. The van der Waals surface area contributed by atoms with E-state index in [-0.39, 0.29) is 5.41 Å². The first-order chi connectivity index (χ1) is 7.12. The molecule has 1 N–H and O–H groups in total. The normalized spacial score (nSPS) is 28.8. The number of ether oxygens (including phenoxy) is 2. The molecule has 1 aliphatic carbocycles. The van der Waals surface area contributed by atoms with Gasteiger partial charge in [0.15, 0.2) is 0 Å². The van der Waals surface area contributed by atoms with Gasteiger partial charge in [-0.15, -0.1) is 0 Å². The molecule has 1 saturated carbocycles. The van der Waals surface area contributed by atoms with E-state index in [9.17, 15) is 0 Å². The van der Waals surface area contributed by atoms with Gasteiger partial charge in [-0.3, -0.25) is 0 Å². The number of hydrogen-bond donors (Lipinski definition) is 1. The number of methoxy groups -OCH3 is 1. The summed E-state index contributed by atoms with van der Waals surface area (Å²) in [6, 6.07) is 0.620. The minimum Gasteiger partial charge on any atom is -0.385 e. The van der Waals surface area contributed by atoms with Crippen LogP contribution in [0.5, 0.6) is 0 Å². The smallest absolute Gasteiger partial charge is 0.0655 e. The first-order valence-corrected chi connectivity index (χ1v) is 5.96. The first-order valence-electron chi connectivity index (χ1n) is 5.96. The predicted octanol–water partition coefficient (Wildman–Crippen LogP) is 1.82. The van der Waals surface area contributed by atoms with Gasteiger partial charge in [-0.05, 0) is 19.4 Å². The summed E-state index contributed by atoms with van der Waals surface area (Å²) in [5, 5.41) is 3.50. The molecule has 0 radical (unpaired) electrons. The fourth-order valence-electron chi connectivity index (χ4n) is 2.19. The van der Waals surface area contributed by atoms with Crippen LogP contribution in [0.2, 0.25) is 0 Å². The number of hydrogen-bond acceptors (Lipinski definition) is 3. The SMILES string of the molecule is CCNC1CC(OCCCOC)C1(C)C. The average Bonchev–Trinajstić information content (AvgIpc) is 2.21. The van der Waals surface area contributed by atoms with Crippen LogP contribution in [0.25, 0.3) is 0 Å². The summed E-state index contributed by atoms with van der Waals surface area (Å²) in [7, 11) is 1.73. The molecular formula is C12H25NO2. The lowest BCUT2D eigenvalue weighted by Gasteiger charge is -2.52. The lowest BCUT2D eigenvalue weighted by Crippen LogP contribution is -2.60. The molecule has 0 aromatic heterocycles. The topological polar surface area (TPSA) is 30.5 Å². The van der Waals surface area contributed by atoms with Crippen molar-refractivity contribution in [2.75, 3.05) is 26.9 Å². The quantitative estimate of drug-likeness (QED) is 0.657. The van der Waals surface area contributed by atoms with Crippen molar-refractivity contribution < 1.29 is 9.47 Å². The van der Waals surface area contributed by atoms with E-state index < -0.39 is 0 Å². The lowest BCUT2D eigenvalue weighted by atomic mass is 9.64. The molecule has 90 valence electrons. The summed E-state index contributed by atoms with van der Waals surface area (Å²) in [5.41, 5.74) is 0.281. The minimum atomic E-state index is 0.281. The summed E-state index contributed by atoms with van der Waals surface area (Å²) >= 11 is 0. The largest absolute Gasteiger partial charge is 0.385 e. The summed E-state index contributed by atoms with van der Waals surface area (Å²) in [5.74, 6) is 0. The Morgan fingerprint density at radius 2 is 2.07 bits per heavy atom. The maximum atomic E-state index is 5.85. The standard InChI is InChI=1S/C12H25NO2/c1-5-13-10-9-11(12(10,2)3)15-8-6-7-14-4/h10-11,13H,5-9H2,1-4H3. The Balaban J connectivity index is 2.17. The van der Waals surface area contributed by atoms with Gasteiger partial charge >= 0.3 is 0 Å². The van der Waals surface area contributed by atoms with E-state index in [1.54, 1.807) is 7.11 Å². The van der Waals surface area contributed by atoms with Crippen LogP contribution >= 0.6 is 0 Å². The zero-order valence-electron chi connectivity index (χ0n) is 10.5. The molecule has 1 rings (SSSR count). The second kappa shape index (κ2) is 5.83. The van der Waals surface area contributed by atoms with Gasteiger partial charge in [-0.2, -0.15) is 0 Å². The maximum absolute atomic E-state index is 5.85. The highest BCUT2D eigenvalue weighted by Crippen LogP contribution is 2.42. The molecule has 2 unspecified atom stereocenters. The molecule has 0 aromatic rings. The molecule has 2 atom stereocenters. The molecule has 0 saturated heterocycles. The summed E-state index contributed by atoms with van der Waals surface area (Å²) in [6.45, 7) is 9.38. The molecule has 0 aliphatic heterocycles. The van der Waals surface area contributed by atoms with Crippen LogP contribution < -0.4 is 5.32 Å². The van der Waals surface area contributed by atoms with Gasteiger partial charge in [0, 0.05) is 31.8 Å². The lowest BCUT2D eigenvalue weighted by molar-refractivity contribution is -0.119. The maximum Gasteiger partial charge on any atom is 0.0655 e. The Morgan fingerprint density at radius 1 is 1.33 bits per heavy atom. The Labute approximate surface area is 93.5 Å². The monoisotopic (exact) mass is 215 g/mol. The Kier molecular flexibility index (Phi) is 5.03. The molecule has 15 heavy (non-hydrogen) atoms. The zero-order valence-corrected chi connectivity index (χ0v) is 10.5. The highest BCUT2D eigenvalue weighted by atomic mass is 16.5. The van der Waals surface area contributed by atoms with Gasteiger partial charge in [-0.1, -0.05) is 20.8 Å². The zero-order chi connectivity index (χ0) is 11.3. The van der Waals surface area contributed by atoms with Crippen LogP contribution in [-0.2, 0) is 9.47 Å². The van der Waals surface area contributed by atoms with Gasteiger partial charge in [0.05, 0.1) is 6.10 Å². The highest BCUT2D eigenvalue weighted by Gasteiger charge is 2.48. The number of rotatable bonds is 7. The van der Waals surface area contributed by atoms with E-state index in [2.05, 4.69) is 26.1 Å². The molecule has 3 nitrogen and oxygen atoms in total. The van der Waals surface area contributed by atoms with Crippen molar-refractivity contribution in [3.8, 4) is 0 Å². The van der Waals surface area contributed by atoms with Crippen molar-refractivity contribution in [3.05, 3.63) is 0 Å². The molecule has 0 heterocycles. The van der Waals surface area contributed by atoms with Crippen LogP contribution in [0.15, 0.2) is 0 Å². The highest BCUT2D eigenvalue weighted by molar-refractivity contribution is 5.02. The van der Waals surface area contributed by atoms with Crippen LogP contribution in [0.3, 0.4) is 0 Å². The fraction of sp³-hybridized carbons (Fsp3) is 1.00. The van der Waals surface area contributed by atoms with Crippen molar-refractivity contribution in [3.63, 3.8) is 0 Å². The van der Waals surface area contributed by atoms with Crippen LogP contribution in [0.4, 0.5) is 0 Å². The first kappa shape index (κ1) is 12.9. The van der Waals surface area contributed by atoms with Crippen LogP contribution in [0.1, 0.15) is 33.6 Å².